The summed E-state index contributed by atoms with van der Waals surface area (Å²) in [5, 5.41) is 11.8. The van der Waals surface area contributed by atoms with Crippen LogP contribution in [0.2, 0.25) is 0 Å². The molecule has 1 aliphatic heterocycles. The SMILES string of the molecule is CS/C(=C\C#N)C/C(=C1\C(=O)Nc2ccccc21)c1ccc(F)cc1. The fourth-order valence-corrected chi connectivity index (χ4v) is 3.29. The lowest BCUT2D eigenvalue weighted by Crippen LogP contribution is -2.06. The number of nitrogens with zero attached hydrogens (tertiary/aromatic N) is 1. The molecule has 2 aromatic carbocycles. The molecule has 124 valence electrons. The van der Waals surface area contributed by atoms with Crippen LogP contribution in [0.1, 0.15) is 17.5 Å². The number of nitriles is 1. The third-order valence-electron chi connectivity index (χ3n) is 4.00. The van der Waals surface area contributed by atoms with E-state index in [1.54, 1.807) is 12.1 Å². The van der Waals surface area contributed by atoms with Crippen LogP contribution >= 0.6 is 11.8 Å². The van der Waals surface area contributed by atoms with Crippen molar-refractivity contribution in [3.05, 3.63) is 76.5 Å². The summed E-state index contributed by atoms with van der Waals surface area (Å²) in [7, 11) is 0. The van der Waals surface area contributed by atoms with Gasteiger partial charge >= 0.3 is 0 Å². The van der Waals surface area contributed by atoms with Crippen LogP contribution in [0.3, 0.4) is 0 Å². The first kappa shape index (κ1) is 17.0. The molecule has 3 rings (SSSR count). The number of amides is 1. The van der Waals surface area contributed by atoms with Gasteiger partial charge in [0.1, 0.15) is 5.82 Å². The highest BCUT2D eigenvalue weighted by molar-refractivity contribution is 8.02. The summed E-state index contributed by atoms with van der Waals surface area (Å²) in [6.07, 6.45) is 3.80. The number of halogens is 1. The number of allylic oxidation sites excluding steroid dienone is 3. The van der Waals surface area contributed by atoms with E-state index in [0.29, 0.717) is 12.0 Å². The van der Waals surface area contributed by atoms with Crippen molar-refractivity contribution in [3.8, 4) is 6.07 Å². The second-order valence-electron chi connectivity index (χ2n) is 5.48. The summed E-state index contributed by atoms with van der Waals surface area (Å²) in [6.45, 7) is 0. The molecule has 1 aliphatic rings. The van der Waals surface area contributed by atoms with Crippen molar-refractivity contribution in [2.45, 2.75) is 6.42 Å². The third kappa shape index (κ3) is 3.49. The molecule has 0 saturated carbocycles. The van der Waals surface area contributed by atoms with Gasteiger partial charge in [-0.1, -0.05) is 30.3 Å². The molecule has 0 aromatic heterocycles. The predicted octanol–water partition coefficient (Wildman–Crippen LogP) is 4.85. The van der Waals surface area contributed by atoms with Gasteiger partial charge < -0.3 is 5.32 Å². The monoisotopic (exact) mass is 350 g/mol. The summed E-state index contributed by atoms with van der Waals surface area (Å²) in [4.78, 5) is 13.4. The minimum atomic E-state index is -0.331. The molecule has 0 fully saturated rings. The number of rotatable bonds is 4. The number of carbonyl (C=O) groups excluding carboxylic acids is 1. The molecular formula is C20H15FN2OS. The fourth-order valence-electron chi connectivity index (χ4n) is 2.83. The third-order valence-corrected chi connectivity index (χ3v) is 4.79. The first-order chi connectivity index (χ1) is 12.1. The van der Waals surface area contributed by atoms with Gasteiger partial charge in [-0.05, 0) is 40.5 Å². The zero-order chi connectivity index (χ0) is 17.8. The Morgan fingerprint density at radius 2 is 1.96 bits per heavy atom. The first-order valence-corrected chi connectivity index (χ1v) is 8.89. The van der Waals surface area contributed by atoms with Crippen LogP contribution < -0.4 is 5.32 Å². The quantitative estimate of drug-likeness (QED) is 0.633. The molecule has 25 heavy (non-hydrogen) atoms. The van der Waals surface area contributed by atoms with Crippen molar-refractivity contribution in [3.63, 3.8) is 0 Å². The Hall–Kier alpha value is -2.84. The van der Waals surface area contributed by atoms with Crippen LogP contribution in [0.25, 0.3) is 11.1 Å². The number of fused-ring (bicyclic) bond motifs is 1. The van der Waals surface area contributed by atoms with Gasteiger partial charge in [-0.15, -0.1) is 11.8 Å². The van der Waals surface area contributed by atoms with Gasteiger partial charge in [-0.2, -0.15) is 5.26 Å². The highest BCUT2D eigenvalue weighted by Gasteiger charge is 2.27. The Bertz CT molecular complexity index is 923. The minimum absolute atomic E-state index is 0.182. The summed E-state index contributed by atoms with van der Waals surface area (Å²) in [5.74, 6) is -0.514. The van der Waals surface area contributed by atoms with E-state index in [1.807, 2.05) is 36.6 Å². The van der Waals surface area contributed by atoms with Gasteiger partial charge in [-0.3, -0.25) is 4.79 Å². The predicted molar refractivity (Wildman–Crippen MR) is 100 cm³/mol. The molecule has 0 bridgehead atoms. The molecule has 1 heterocycles. The Morgan fingerprint density at radius 1 is 1.24 bits per heavy atom. The van der Waals surface area contributed by atoms with Crippen LogP contribution in [-0.4, -0.2) is 12.2 Å². The van der Waals surface area contributed by atoms with Crippen molar-refractivity contribution in [1.29, 1.82) is 5.26 Å². The smallest absolute Gasteiger partial charge is 0.256 e. The topological polar surface area (TPSA) is 52.9 Å². The van der Waals surface area contributed by atoms with Crippen molar-refractivity contribution in [1.82, 2.24) is 0 Å². The largest absolute Gasteiger partial charge is 0.321 e. The highest BCUT2D eigenvalue weighted by atomic mass is 32.2. The Morgan fingerprint density at radius 3 is 2.64 bits per heavy atom. The number of hydrogen-bond donors (Lipinski definition) is 1. The molecule has 1 N–H and O–H groups in total. The van der Waals surface area contributed by atoms with Gasteiger partial charge in [-0.25, -0.2) is 4.39 Å². The lowest BCUT2D eigenvalue weighted by atomic mass is 9.93. The van der Waals surface area contributed by atoms with Crippen LogP contribution in [0.15, 0.2) is 59.5 Å². The maximum Gasteiger partial charge on any atom is 0.256 e. The minimum Gasteiger partial charge on any atom is -0.321 e. The van der Waals surface area contributed by atoms with Gasteiger partial charge in [0, 0.05) is 23.7 Å². The molecule has 3 nitrogen and oxygen atoms in total. The number of anilines is 1. The Balaban J connectivity index is 2.21. The maximum absolute atomic E-state index is 13.3. The number of carbonyl (C=O) groups is 1. The van der Waals surface area contributed by atoms with E-state index in [-0.39, 0.29) is 11.7 Å². The van der Waals surface area contributed by atoms with E-state index in [9.17, 15) is 9.18 Å². The van der Waals surface area contributed by atoms with E-state index in [4.69, 9.17) is 5.26 Å². The van der Waals surface area contributed by atoms with Crippen molar-refractivity contribution in [2.75, 3.05) is 11.6 Å². The van der Waals surface area contributed by atoms with Gasteiger partial charge in [0.25, 0.3) is 5.91 Å². The molecule has 0 spiro atoms. The van der Waals surface area contributed by atoms with Crippen molar-refractivity contribution in [2.24, 2.45) is 0 Å². The van der Waals surface area contributed by atoms with Crippen molar-refractivity contribution < 1.29 is 9.18 Å². The van der Waals surface area contributed by atoms with E-state index >= 15 is 0 Å². The first-order valence-electron chi connectivity index (χ1n) is 7.66. The van der Waals surface area contributed by atoms with Crippen LogP contribution in [0.4, 0.5) is 10.1 Å². The number of benzene rings is 2. The van der Waals surface area contributed by atoms with Gasteiger partial charge in [0.05, 0.1) is 11.6 Å². The van der Waals surface area contributed by atoms with Crippen LogP contribution in [0.5, 0.6) is 0 Å². The van der Waals surface area contributed by atoms with E-state index in [2.05, 4.69) is 5.32 Å². The van der Waals surface area contributed by atoms with Crippen LogP contribution in [-0.2, 0) is 4.79 Å². The summed E-state index contributed by atoms with van der Waals surface area (Å²) < 4.78 is 13.3. The molecular weight excluding hydrogens is 335 g/mol. The Labute approximate surface area is 149 Å². The molecule has 2 aromatic rings. The van der Waals surface area contributed by atoms with Crippen LogP contribution in [0, 0.1) is 17.1 Å². The number of thioether (sulfide) groups is 1. The van der Waals surface area contributed by atoms with Gasteiger partial charge in [0.2, 0.25) is 0 Å². The van der Waals surface area contributed by atoms with Gasteiger partial charge in [0.15, 0.2) is 0 Å². The summed E-state index contributed by atoms with van der Waals surface area (Å²) in [5.41, 5.74) is 3.70. The zero-order valence-electron chi connectivity index (χ0n) is 13.5. The number of hydrogen-bond acceptors (Lipinski definition) is 3. The normalized spacial score (nSPS) is 15.4. The zero-order valence-corrected chi connectivity index (χ0v) is 14.4. The summed E-state index contributed by atoms with van der Waals surface area (Å²) in [6, 6.07) is 15.6. The molecule has 0 saturated heterocycles. The number of nitrogens with one attached hydrogen (secondary N) is 1. The molecule has 0 radical (unpaired) electrons. The lowest BCUT2D eigenvalue weighted by Gasteiger charge is -2.13. The maximum atomic E-state index is 13.3. The second kappa shape index (κ2) is 7.37. The molecule has 0 unspecified atom stereocenters. The van der Waals surface area contributed by atoms with E-state index in [0.717, 1.165) is 27.3 Å². The fraction of sp³-hybridized carbons (Fsp3) is 0.100. The molecule has 0 aliphatic carbocycles. The molecule has 5 heteroatoms. The average molecular weight is 350 g/mol. The lowest BCUT2D eigenvalue weighted by molar-refractivity contribution is -0.110. The van der Waals surface area contributed by atoms with E-state index < -0.39 is 0 Å². The summed E-state index contributed by atoms with van der Waals surface area (Å²) >= 11 is 1.46. The standard InChI is InChI=1S/C20H15FN2OS/c1-25-15(10-11-22)12-17(13-6-8-14(21)9-7-13)19-16-4-2-3-5-18(16)23-20(19)24/h2-10H,12H2,1H3,(H,23,24)/b15-10-,19-17+. The molecule has 0 atom stereocenters. The Kier molecular flexibility index (Phi) is 5.01. The molecule has 1 amide bonds. The second-order valence-corrected chi connectivity index (χ2v) is 6.41. The number of para-hydroxylation sites is 1. The average Bonchev–Trinajstić information content (AvgIpc) is 2.95. The van der Waals surface area contributed by atoms with Crippen molar-refractivity contribution >= 4 is 34.5 Å². The highest BCUT2D eigenvalue weighted by Crippen LogP contribution is 2.40. The van der Waals surface area contributed by atoms with E-state index in [1.165, 1.54) is 30.0 Å².